The molecule has 0 aliphatic carbocycles. The molecule has 4 aromatic rings. The van der Waals surface area contributed by atoms with Crippen LogP contribution in [0.1, 0.15) is 178 Å². The van der Waals surface area contributed by atoms with Crippen molar-refractivity contribution in [2.45, 2.75) is 175 Å². The van der Waals surface area contributed by atoms with Crippen molar-refractivity contribution in [1.29, 1.82) is 0 Å². The first kappa shape index (κ1) is 59.1. The van der Waals surface area contributed by atoms with Gasteiger partial charge in [0.15, 0.2) is 0 Å². The van der Waals surface area contributed by atoms with Gasteiger partial charge in [-0.3, -0.25) is 0 Å². The Morgan fingerprint density at radius 1 is 0.279 bits per heavy atom. The first-order valence-electron chi connectivity index (χ1n) is 24.2. The minimum atomic E-state index is 0.0748. The van der Waals surface area contributed by atoms with E-state index < -0.39 is 0 Å². The molecule has 0 amide bonds. The number of benzene rings is 4. The predicted octanol–water partition coefficient (Wildman–Crippen LogP) is 10.9. The second-order valence-corrected chi connectivity index (χ2v) is 50.7. The molecule has 0 unspecified atom stereocenters. The molecule has 376 valence electrons. The number of rotatable bonds is 8. The summed E-state index contributed by atoms with van der Waals surface area (Å²) >= 11 is 3.82. The van der Waals surface area contributed by atoms with Gasteiger partial charge in [-0.1, -0.05) is 0 Å². The molecule has 68 heavy (non-hydrogen) atoms. The van der Waals surface area contributed by atoms with E-state index >= 15 is 0 Å². The van der Waals surface area contributed by atoms with Crippen molar-refractivity contribution < 1.29 is 18.9 Å². The van der Waals surface area contributed by atoms with Gasteiger partial charge >= 0.3 is 464 Å². The summed E-state index contributed by atoms with van der Waals surface area (Å²) in [6.45, 7) is 40.0. The van der Waals surface area contributed by atoms with E-state index in [4.69, 9.17) is 18.9 Å². The van der Waals surface area contributed by atoms with Crippen LogP contribution in [0.2, 0.25) is 0 Å². The van der Waals surface area contributed by atoms with E-state index in [-0.39, 0.29) is 21.7 Å². The second kappa shape index (κ2) is 27.1. The molecule has 4 nitrogen and oxygen atoms in total. The standard InChI is InChI=1S/C56H80O4Se8/c1-17-57-49-37-21-45(53(5,6)7)22-38(49)30-62-64-32-40-24-47(55(11,12)13)26-42(51(40)59-19-3)34-66-68-36-44-28-48(56(14,15)16)27-43(52(44)60-20-4)35-67-65-33-41-25-46(54(8,9)10)23-39(31-63-61-29-37)50(41)58-18-2/h21-28H,17-20,29-36H2,1-16H3. The van der Waals surface area contributed by atoms with Crippen LogP contribution in [0.25, 0.3) is 0 Å². The third-order valence-electron chi connectivity index (χ3n) is 11.6. The third kappa shape index (κ3) is 17.1. The van der Waals surface area contributed by atoms with E-state index in [0.29, 0.717) is 131 Å². The van der Waals surface area contributed by atoms with Crippen molar-refractivity contribution >= 4 is 105 Å². The van der Waals surface area contributed by atoms with Crippen molar-refractivity contribution in [3.8, 4) is 23.0 Å². The Labute approximate surface area is 458 Å². The zero-order chi connectivity index (χ0) is 49.9. The van der Waals surface area contributed by atoms with Crippen LogP contribution in [-0.4, -0.2) is 131 Å². The van der Waals surface area contributed by atoms with Crippen LogP contribution in [0.3, 0.4) is 0 Å². The molecule has 0 fully saturated rings. The molecule has 12 heteroatoms. The molecule has 0 N–H and O–H groups in total. The molecule has 0 saturated carbocycles. The van der Waals surface area contributed by atoms with E-state index in [9.17, 15) is 0 Å². The topological polar surface area (TPSA) is 36.9 Å². The Bertz CT molecular complexity index is 1840. The predicted molar refractivity (Wildman–Crippen MR) is 301 cm³/mol. The Hall–Kier alpha value is 0.236. The molecule has 0 spiro atoms. The van der Waals surface area contributed by atoms with Gasteiger partial charge in [-0.2, -0.15) is 0 Å². The molecule has 1 aliphatic heterocycles. The van der Waals surface area contributed by atoms with Gasteiger partial charge in [-0.15, -0.1) is 0 Å². The van der Waals surface area contributed by atoms with Crippen LogP contribution in [-0.2, 0) is 64.2 Å². The number of hydrogen-bond donors (Lipinski definition) is 0. The van der Waals surface area contributed by atoms with Gasteiger partial charge in [0.25, 0.3) is 0 Å². The molecule has 1 aliphatic rings. The summed E-state index contributed by atoms with van der Waals surface area (Å²) in [6.07, 6.45) is 0. The van der Waals surface area contributed by atoms with Gasteiger partial charge < -0.3 is 0 Å². The molecule has 0 saturated heterocycles. The van der Waals surface area contributed by atoms with Crippen molar-refractivity contribution in [1.82, 2.24) is 0 Å². The van der Waals surface area contributed by atoms with Crippen LogP contribution in [0, 0.1) is 0 Å². The maximum atomic E-state index is 6.66. The fourth-order valence-corrected chi connectivity index (χ4v) is 33.2. The Kier molecular flexibility index (Phi) is 23.6. The quantitative estimate of drug-likeness (QED) is 0.165. The van der Waals surface area contributed by atoms with E-state index in [1.165, 1.54) is 89.8 Å². The number of fused-ring (bicyclic) bond motifs is 8. The van der Waals surface area contributed by atoms with Crippen LogP contribution in [0.4, 0.5) is 0 Å². The van der Waals surface area contributed by atoms with Gasteiger partial charge in [-0.25, -0.2) is 0 Å². The van der Waals surface area contributed by atoms with Crippen LogP contribution < -0.4 is 18.9 Å². The summed E-state index contributed by atoms with van der Waals surface area (Å²) in [5.41, 5.74) is 17.6. The van der Waals surface area contributed by atoms with Crippen molar-refractivity contribution in [2.24, 2.45) is 0 Å². The van der Waals surface area contributed by atoms with Crippen molar-refractivity contribution in [3.63, 3.8) is 0 Å². The number of ether oxygens (including phenoxy) is 4. The van der Waals surface area contributed by atoms with Gasteiger partial charge in [0.2, 0.25) is 0 Å². The average molecular weight is 1450 g/mol. The fourth-order valence-electron chi connectivity index (χ4n) is 7.77. The Morgan fingerprint density at radius 3 is 0.515 bits per heavy atom. The molecule has 5 rings (SSSR count). The van der Waals surface area contributed by atoms with Gasteiger partial charge in [-0.05, 0) is 0 Å². The summed E-state index contributed by atoms with van der Waals surface area (Å²) in [4.78, 5) is 0. The SMILES string of the molecule is CCOc1c2cc(C(C)(C)C)cc1C[Se][Se]Cc1cc(C(C)(C)C)cc(c1OCC)C[Se][Se]Cc1cc(C(C)(C)C)cc(c1OCC)C[Se][Se]Cc1cc(C(C)(C)C)cc(c1OCC)C[Se][Se]C2. The normalized spacial score (nSPS) is 15.5. The van der Waals surface area contributed by atoms with E-state index in [1.54, 1.807) is 0 Å². The fraction of sp³-hybridized carbons (Fsp3) is 0.571. The van der Waals surface area contributed by atoms with Crippen LogP contribution >= 0.6 is 0 Å². The first-order valence-corrected chi connectivity index (χ1v) is 51.2. The van der Waals surface area contributed by atoms with E-state index in [2.05, 4.69) is 159 Å². The monoisotopic (exact) mass is 1460 g/mol. The number of hydrogen-bond acceptors (Lipinski definition) is 4. The summed E-state index contributed by atoms with van der Waals surface area (Å²) < 4.78 is 26.6. The molecular weight excluding hydrogens is 1370 g/mol. The Morgan fingerprint density at radius 2 is 0.412 bits per heavy atom. The summed E-state index contributed by atoms with van der Waals surface area (Å²) in [6, 6.07) is 20.0. The zero-order valence-corrected chi connectivity index (χ0v) is 57.7. The third-order valence-corrected chi connectivity index (χ3v) is 37.8. The van der Waals surface area contributed by atoms with E-state index in [0.717, 1.165) is 42.6 Å². The molecule has 0 radical (unpaired) electrons. The summed E-state index contributed by atoms with van der Waals surface area (Å²) in [5, 5.41) is 8.92. The van der Waals surface area contributed by atoms with E-state index in [1.807, 2.05) is 0 Å². The molecular formula is C56H80O4Se8. The van der Waals surface area contributed by atoms with Gasteiger partial charge in [0.05, 0.1) is 0 Å². The van der Waals surface area contributed by atoms with Gasteiger partial charge in [0, 0.05) is 0 Å². The zero-order valence-electron chi connectivity index (χ0n) is 44.0. The molecule has 1 heterocycles. The van der Waals surface area contributed by atoms with Crippen molar-refractivity contribution in [2.75, 3.05) is 26.4 Å². The molecule has 0 aromatic heterocycles. The Balaban J connectivity index is 1.58. The average Bonchev–Trinajstić information content (AvgIpc) is 3.25. The molecule has 4 aromatic carbocycles. The minimum absolute atomic E-state index is 0.0748. The second-order valence-electron chi connectivity index (χ2n) is 21.3. The summed E-state index contributed by atoms with van der Waals surface area (Å²) in [7, 11) is 0. The van der Waals surface area contributed by atoms with Crippen molar-refractivity contribution in [3.05, 3.63) is 115 Å². The van der Waals surface area contributed by atoms with Gasteiger partial charge in [0.1, 0.15) is 0 Å². The van der Waals surface area contributed by atoms with Crippen LogP contribution in [0.15, 0.2) is 48.5 Å². The maximum absolute atomic E-state index is 6.66. The molecule has 8 bridgehead atoms. The van der Waals surface area contributed by atoms with Crippen LogP contribution in [0.5, 0.6) is 23.0 Å². The summed E-state index contributed by atoms with van der Waals surface area (Å²) in [5.74, 6) is 4.74. The molecule has 0 atom stereocenters. The first-order chi connectivity index (χ1) is 32.1.